The van der Waals surface area contributed by atoms with E-state index in [9.17, 15) is 43.2 Å². The van der Waals surface area contributed by atoms with Crippen molar-refractivity contribution in [1.29, 1.82) is 0 Å². The minimum atomic E-state index is -1.31. The quantitative estimate of drug-likeness (QED) is 0.0216. The van der Waals surface area contributed by atoms with E-state index >= 15 is 0 Å². The number of hydrogen-bond acceptors (Lipinski definition) is 24. The lowest BCUT2D eigenvalue weighted by atomic mass is 9.90. The highest BCUT2D eigenvalue weighted by molar-refractivity contribution is 6.31. The summed E-state index contributed by atoms with van der Waals surface area (Å²) in [6.45, 7) is 16.8. The van der Waals surface area contributed by atoms with Gasteiger partial charge in [-0.05, 0) is 163 Å². The second-order valence-electron chi connectivity index (χ2n) is 35.5. The van der Waals surface area contributed by atoms with Crippen LogP contribution >= 0.6 is 34.8 Å². The number of methoxy groups -OCH3 is 1. The number of nitrogens with two attached hydrogens (primary N) is 3. The van der Waals surface area contributed by atoms with Crippen LogP contribution in [0.4, 0.5) is 0 Å². The van der Waals surface area contributed by atoms with E-state index in [-0.39, 0.29) is 75.6 Å². The van der Waals surface area contributed by atoms with E-state index in [4.69, 9.17) is 105 Å². The molecule has 6 aromatic carbocycles. The van der Waals surface area contributed by atoms with Crippen molar-refractivity contribution in [2.75, 3.05) is 106 Å². The van der Waals surface area contributed by atoms with Gasteiger partial charge in [-0.2, -0.15) is 0 Å². The number of nitrogens with zero attached hydrogens (tertiary/aromatic N) is 9. The average molecular weight is 1890 g/mol. The van der Waals surface area contributed by atoms with Crippen molar-refractivity contribution in [3.8, 4) is 0 Å². The number of morpholine rings is 1. The predicted octanol–water partition coefficient (Wildman–Crippen LogP) is 7.63. The summed E-state index contributed by atoms with van der Waals surface area (Å²) in [6, 6.07) is 44.0. The van der Waals surface area contributed by atoms with E-state index in [1.165, 1.54) is 7.11 Å². The normalized spacial score (nSPS) is 23.2. The lowest BCUT2D eigenvalue weighted by Gasteiger charge is -2.38. The summed E-state index contributed by atoms with van der Waals surface area (Å²) in [6.07, 6.45) is 3.74. The van der Waals surface area contributed by atoms with Crippen LogP contribution in [0.1, 0.15) is 120 Å². The van der Waals surface area contributed by atoms with Gasteiger partial charge in [0.2, 0.25) is 53.1 Å². The van der Waals surface area contributed by atoms with E-state index in [2.05, 4.69) is 20.9 Å². The fourth-order valence-corrected chi connectivity index (χ4v) is 18.1. The molecule has 0 radical (unpaired) electrons. The van der Waals surface area contributed by atoms with Crippen LogP contribution in [0.3, 0.4) is 0 Å². The number of ether oxygens (including phenoxy) is 8. The van der Waals surface area contributed by atoms with Crippen LogP contribution in [0.5, 0.6) is 0 Å². The number of benzene rings is 6. The maximum absolute atomic E-state index is 14.2. The van der Waals surface area contributed by atoms with Crippen LogP contribution in [-0.4, -0.2) is 296 Å². The third-order valence-corrected chi connectivity index (χ3v) is 25.8. The van der Waals surface area contributed by atoms with Gasteiger partial charge in [-0.15, -0.1) is 0 Å². The Morgan fingerprint density at radius 1 is 0.406 bits per heavy atom. The molecule has 14 rings (SSSR count). The highest BCUT2D eigenvalue weighted by atomic mass is 35.5. The first-order valence-corrected chi connectivity index (χ1v) is 46.9. The molecule has 133 heavy (non-hydrogen) atoms. The van der Waals surface area contributed by atoms with Gasteiger partial charge in [0, 0.05) is 93.2 Å². The topological polar surface area (TPSA) is 398 Å². The van der Waals surface area contributed by atoms with Crippen LogP contribution in [0.25, 0.3) is 0 Å². The number of esters is 1. The molecular weight excluding hydrogens is 1770 g/mol. The number of carbonyl (C=O) groups excluding carboxylic acids is 9. The highest BCUT2D eigenvalue weighted by Gasteiger charge is 2.54. The van der Waals surface area contributed by atoms with Crippen LogP contribution in [0.15, 0.2) is 179 Å². The summed E-state index contributed by atoms with van der Waals surface area (Å²) in [5, 5.41) is 10.1. The average Bonchev–Trinajstić information content (AvgIpc) is 1.64. The highest BCUT2D eigenvalue weighted by Crippen LogP contribution is 2.37. The monoisotopic (exact) mass is 1890 g/mol. The summed E-state index contributed by atoms with van der Waals surface area (Å²) in [5.74, 6) is -2.05. The number of piperidine rings is 1. The Morgan fingerprint density at radius 3 is 1.05 bits per heavy atom. The lowest BCUT2D eigenvalue weighted by molar-refractivity contribution is -0.147. The van der Waals surface area contributed by atoms with Gasteiger partial charge in [0.25, 0.3) is 11.8 Å². The Hall–Kier alpha value is -10.5. The first-order chi connectivity index (χ1) is 63.9. The van der Waals surface area contributed by atoms with Crippen molar-refractivity contribution in [3.63, 3.8) is 0 Å². The lowest BCUT2D eigenvalue weighted by Crippen LogP contribution is -2.60. The van der Waals surface area contributed by atoms with Gasteiger partial charge in [0.1, 0.15) is 56.1 Å². The summed E-state index contributed by atoms with van der Waals surface area (Å²) >= 11 is 18.8. The van der Waals surface area contributed by atoms with Crippen molar-refractivity contribution in [2.24, 2.45) is 32.2 Å². The Bertz CT molecular complexity index is 5070. The van der Waals surface area contributed by atoms with Crippen LogP contribution in [-0.2, 0) is 120 Å². The Kier molecular flexibility index (Phi) is 36.3. The molecule has 0 bridgehead atoms. The van der Waals surface area contributed by atoms with E-state index in [1.54, 1.807) is 85.4 Å². The molecule has 8 amide bonds. The standard InChI is InChI=1S/C34H45ClN6O5.C33H42ClN5O6.C31H39ClN4O6/c1-23(36)30(42)37-29(24(2)45-21-25-9-5-4-6-10-25)32(43)41-14-8-13-28(41)31-38-34(22-46-31,20-26-11-7-12-27(35)19-26)33(44)40-17-15-39(3)16-18-40;1-22(35)29(40)36-28(23(2)44-20-24-8-4-3-5-9-24)31(41)39-13-7-12-27(39)30-37-33(21-45-30,19-25-10-6-11-26(34)18-25)32(42)38-14-16-43-17-15-38;1-20(33)27(37)34-26(21(2)41-18-22-10-5-4-6-11-22)29(38)36-15-8-7-14-25(36)28-35-31(19-42-28,30(39)40-3)17-23-12-9-13-24(32)16-23/h4-7,9-12,19,23-24,28-29H,8,13-18,20-22,36H2,1-3H3,(H,37,42);3-6,8-11,18,22-23,27-28H,7,12-17,19-21,35H2,1-2H3,(H,36,40);4-6,9-13,16,20-21,25-26H,7-8,14-15,17-19,33H2,1-3H3,(H,34,37)/t23-,24?,28-,29-,34+;22-,23?,27-,28-,33+;20-,21?,25-,26-,31+/m000/s1. The van der Waals surface area contributed by atoms with Gasteiger partial charge in [-0.3, -0.25) is 38.4 Å². The van der Waals surface area contributed by atoms with E-state index in [0.29, 0.717) is 130 Å². The second-order valence-corrected chi connectivity index (χ2v) is 36.8. The number of nitrogens with one attached hydrogen (secondary N) is 3. The fourth-order valence-electron chi connectivity index (χ4n) is 17.5. The zero-order chi connectivity index (χ0) is 95.1. The number of piperazine rings is 1. The van der Waals surface area contributed by atoms with E-state index < -0.39 is 113 Å². The maximum atomic E-state index is 14.2. The molecule has 3 unspecified atom stereocenters. The number of rotatable bonds is 33. The molecule has 9 N–H and O–H groups in total. The molecule has 15 atom stereocenters. The van der Waals surface area contributed by atoms with Gasteiger partial charge in [0.05, 0.1) is 76.6 Å². The summed E-state index contributed by atoms with van der Waals surface area (Å²) in [7, 11) is 3.36. The van der Waals surface area contributed by atoms with Crippen LogP contribution in [0, 0.1) is 0 Å². The molecule has 8 heterocycles. The number of amides is 8. The Labute approximate surface area is 792 Å². The Balaban J connectivity index is 0.000000180. The van der Waals surface area contributed by atoms with Crippen molar-refractivity contribution < 1.29 is 81.0 Å². The molecule has 0 aliphatic carbocycles. The number of hydrogen-bond donors (Lipinski definition) is 6. The van der Waals surface area contributed by atoms with Gasteiger partial charge in [0.15, 0.2) is 16.6 Å². The molecule has 0 saturated carbocycles. The maximum Gasteiger partial charge on any atom is 0.337 e. The van der Waals surface area contributed by atoms with E-state index in [0.717, 1.165) is 65.7 Å². The fraction of sp³-hybridized carbons (Fsp3) is 0.510. The van der Waals surface area contributed by atoms with Crippen molar-refractivity contribution >= 4 is 106 Å². The molecule has 5 fully saturated rings. The Morgan fingerprint density at radius 2 is 0.714 bits per heavy atom. The summed E-state index contributed by atoms with van der Waals surface area (Å²) < 4.78 is 47.4. The molecule has 0 aromatic heterocycles. The SMILES string of the molecule is CC(OCc1ccccc1)[C@H](NC(=O)[C@H](C)N)C(=O)N1CCC[C@H]1C1=N[C@@](Cc2cccc(Cl)c2)(C(=O)N2CCN(C)CC2)CO1.CC(OCc1ccccc1)[C@H](NC(=O)[C@H](C)N)C(=O)N1CCC[C@H]1C1=N[C@@](Cc2cccc(Cl)c2)(C(=O)N2CCOCC2)CO1.COC(=O)[C@@]1(Cc2cccc(Cl)c2)COC([C@@H]2CCCCN2C(=O)[C@@H](NC(=O)[C@H](C)N)C(C)OCc2ccccc2)=N1. The zero-order valence-corrected chi connectivity index (χ0v) is 79.2. The van der Waals surface area contributed by atoms with Crippen molar-refractivity contribution in [1.82, 2.24) is 45.3 Å². The number of aliphatic imine (C=N–C) groups is 3. The number of carbonyl (C=O) groups is 9. The van der Waals surface area contributed by atoms with E-state index in [1.807, 2.05) is 151 Å². The largest absolute Gasteiger partial charge is 0.476 e. The predicted molar refractivity (Wildman–Crippen MR) is 505 cm³/mol. The molecule has 8 aliphatic heterocycles. The minimum absolute atomic E-state index is 0.0263. The van der Waals surface area contributed by atoms with Crippen LogP contribution in [0.2, 0.25) is 15.1 Å². The molecule has 8 aliphatic rings. The first-order valence-electron chi connectivity index (χ1n) is 45.8. The molecule has 35 heteroatoms. The molecular formula is C98H126Cl3N15O17. The molecule has 6 aromatic rings. The number of likely N-dealkylation sites (tertiary alicyclic amines) is 3. The molecule has 716 valence electrons. The molecule has 0 spiro atoms. The van der Waals surface area contributed by atoms with Gasteiger partial charge in [-0.1, -0.05) is 162 Å². The molecule has 5 saturated heterocycles. The van der Waals surface area contributed by atoms with Gasteiger partial charge >= 0.3 is 5.97 Å². The summed E-state index contributed by atoms with van der Waals surface area (Å²) in [5.41, 5.74) is 19.2. The third-order valence-electron chi connectivity index (χ3n) is 25.1. The molecule has 32 nitrogen and oxygen atoms in total. The van der Waals surface area contributed by atoms with Crippen LogP contribution < -0.4 is 33.2 Å². The van der Waals surface area contributed by atoms with Gasteiger partial charge in [-0.25, -0.2) is 19.8 Å². The smallest absolute Gasteiger partial charge is 0.337 e. The summed E-state index contributed by atoms with van der Waals surface area (Å²) in [4.78, 5) is 148. The third kappa shape index (κ3) is 26.6. The number of halogens is 3. The minimum Gasteiger partial charge on any atom is -0.476 e. The van der Waals surface area contributed by atoms with Crippen molar-refractivity contribution in [3.05, 3.63) is 212 Å². The first kappa shape index (κ1) is 101. The second kappa shape index (κ2) is 47.6. The zero-order valence-electron chi connectivity index (χ0n) is 76.9. The van der Waals surface area contributed by atoms with Gasteiger partial charge < -0.3 is 100 Å². The van der Waals surface area contributed by atoms with Crippen molar-refractivity contribution in [2.45, 2.75) is 215 Å². The number of likely N-dealkylation sites (N-methyl/N-ethyl adjacent to an activating group) is 1.